The van der Waals surface area contributed by atoms with Crippen LogP contribution in [-0.2, 0) is 16.2 Å². The molecule has 0 saturated carbocycles. The van der Waals surface area contributed by atoms with Gasteiger partial charge >= 0.3 is 0 Å². The smallest absolute Gasteiger partial charge is 0.269 e. The summed E-state index contributed by atoms with van der Waals surface area (Å²) < 4.78 is 0. The Hall–Kier alpha value is -2.74. The van der Waals surface area contributed by atoms with Gasteiger partial charge in [-0.25, -0.2) is 0 Å². The van der Waals surface area contributed by atoms with Gasteiger partial charge in [0.2, 0.25) is 0 Å². The molecule has 1 fully saturated rings. The van der Waals surface area contributed by atoms with E-state index in [1.165, 1.54) is 11.3 Å². The lowest BCUT2D eigenvalue weighted by molar-refractivity contribution is -0.115. The molecule has 146 valence electrons. The molecule has 1 N–H and O–H groups in total. The van der Waals surface area contributed by atoms with Crippen molar-refractivity contribution in [1.82, 2.24) is 15.2 Å². The summed E-state index contributed by atoms with van der Waals surface area (Å²) in [4.78, 5) is 37.6. The number of oxime groups is 1. The van der Waals surface area contributed by atoms with Gasteiger partial charge in [0.1, 0.15) is 5.71 Å². The number of thiophene rings is 1. The number of likely N-dealkylation sites (tertiary alicyclic amines) is 1. The van der Waals surface area contributed by atoms with Crippen LogP contribution in [0.4, 0.5) is 0 Å². The molecule has 2 aliphatic rings. The van der Waals surface area contributed by atoms with Crippen LogP contribution in [-0.4, -0.2) is 46.1 Å². The Bertz CT molecular complexity index is 911. The number of nitrogens with zero attached hydrogens (tertiary/aromatic N) is 3. The number of aryl methyl sites for hydroxylation is 1. The van der Waals surface area contributed by atoms with Crippen LogP contribution in [0.2, 0.25) is 0 Å². The van der Waals surface area contributed by atoms with Gasteiger partial charge in [0.15, 0.2) is 5.60 Å². The molecule has 2 amide bonds. The van der Waals surface area contributed by atoms with Crippen LogP contribution >= 0.6 is 11.3 Å². The molecule has 2 aliphatic heterocycles. The summed E-state index contributed by atoms with van der Waals surface area (Å²) in [7, 11) is 0. The molecule has 0 aliphatic carbocycles. The molecule has 28 heavy (non-hydrogen) atoms. The number of hydrogen-bond donors (Lipinski definition) is 1. The largest absolute Gasteiger partial charge is 0.386 e. The predicted molar refractivity (Wildman–Crippen MR) is 106 cm³/mol. The van der Waals surface area contributed by atoms with Gasteiger partial charge in [-0.05, 0) is 54.5 Å². The monoisotopic (exact) mass is 398 g/mol. The van der Waals surface area contributed by atoms with E-state index >= 15 is 0 Å². The van der Waals surface area contributed by atoms with Gasteiger partial charge < -0.3 is 15.1 Å². The molecule has 1 saturated heterocycles. The van der Waals surface area contributed by atoms with E-state index in [4.69, 9.17) is 4.84 Å². The number of pyridine rings is 1. The lowest BCUT2D eigenvalue weighted by atomic mass is 9.88. The zero-order chi connectivity index (χ0) is 19.6. The van der Waals surface area contributed by atoms with E-state index in [-0.39, 0.29) is 11.8 Å². The van der Waals surface area contributed by atoms with E-state index in [9.17, 15) is 9.59 Å². The Balaban J connectivity index is 1.37. The normalized spacial score (nSPS) is 21.3. The van der Waals surface area contributed by atoms with Gasteiger partial charge in [0, 0.05) is 31.9 Å². The lowest BCUT2D eigenvalue weighted by Gasteiger charge is -2.38. The maximum atomic E-state index is 12.9. The fourth-order valence-corrected chi connectivity index (χ4v) is 4.55. The summed E-state index contributed by atoms with van der Waals surface area (Å²) in [5.74, 6) is -0.197. The third-order valence-electron chi connectivity index (χ3n) is 5.19. The second kappa shape index (κ2) is 7.71. The first-order chi connectivity index (χ1) is 13.6. The van der Waals surface area contributed by atoms with Crippen LogP contribution in [0.25, 0.3) is 0 Å². The third kappa shape index (κ3) is 3.77. The third-order valence-corrected chi connectivity index (χ3v) is 6.19. The van der Waals surface area contributed by atoms with E-state index in [0.29, 0.717) is 31.8 Å². The van der Waals surface area contributed by atoms with Crippen molar-refractivity contribution in [3.63, 3.8) is 0 Å². The van der Waals surface area contributed by atoms with Gasteiger partial charge in [-0.2, -0.15) is 0 Å². The highest BCUT2D eigenvalue weighted by atomic mass is 32.1. The molecule has 4 rings (SSSR count). The van der Waals surface area contributed by atoms with Gasteiger partial charge in [-0.3, -0.25) is 14.6 Å². The van der Waals surface area contributed by atoms with E-state index < -0.39 is 5.60 Å². The number of nitrogens with one attached hydrogen (secondary N) is 1. The SMILES string of the molecule is Cc1ccsc1C(=O)N1CCC[C@@]2(CC(C(=O)NCc3ccncc3)=NO2)C1. The maximum absolute atomic E-state index is 12.9. The molecule has 0 radical (unpaired) electrons. The Morgan fingerprint density at radius 2 is 2.14 bits per heavy atom. The topological polar surface area (TPSA) is 83.9 Å². The lowest BCUT2D eigenvalue weighted by Crippen LogP contribution is -2.51. The van der Waals surface area contributed by atoms with Crippen molar-refractivity contribution in [2.24, 2.45) is 5.16 Å². The van der Waals surface area contributed by atoms with Crippen LogP contribution in [0.3, 0.4) is 0 Å². The molecule has 0 unspecified atom stereocenters. The quantitative estimate of drug-likeness (QED) is 0.858. The van der Waals surface area contributed by atoms with Crippen molar-refractivity contribution in [1.29, 1.82) is 0 Å². The predicted octanol–water partition coefficient (Wildman–Crippen LogP) is 2.52. The first kappa shape index (κ1) is 18.6. The standard InChI is InChI=1S/C20H22N4O3S/c1-14-5-10-28-17(14)19(26)24-9-2-6-20(13-24)11-16(23-27-20)18(25)22-12-15-3-7-21-8-4-15/h3-5,7-8,10H,2,6,9,11-13H2,1H3,(H,22,25)/t20-/m1/s1. The molecule has 2 aromatic heterocycles. The second-order valence-electron chi connectivity index (χ2n) is 7.29. The van der Waals surface area contributed by atoms with E-state index in [2.05, 4.69) is 15.5 Å². The van der Waals surface area contributed by atoms with Crippen LogP contribution in [0, 0.1) is 6.92 Å². The van der Waals surface area contributed by atoms with Crippen molar-refractivity contribution >= 4 is 28.9 Å². The van der Waals surface area contributed by atoms with E-state index in [1.54, 1.807) is 12.4 Å². The van der Waals surface area contributed by atoms with Crippen LogP contribution in [0.15, 0.2) is 41.1 Å². The number of aromatic nitrogens is 1. The summed E-state index contributed by atoms with van der Waals surface area (Å²) in [6.45, 7) is 3.51. The van der Waals surface area contributed by atoms with E-state index in [0.717, 1.165) is 28.8 Å². The van der Waals surface area contributed by atoms with Gasteiger partial charge in [-0.15, -0.1) is 11.3 Å². The van der Waals surface area contributed by atoms with Crippen LogP contribution < -0.4 is 5.32 Å². The molecule has 4 heterocycles. The zero-order valence-electron chi connectivity index (χ0n) is 15.7. The van der Waals surface area contributed by atoms with Crippen molar-refractivity contribution in [3.8, 4) is 0 Å². The minimum atomic E-state index is -0.595. The van der Waals surface area contributed by atoms with Gasteiger partial charge in [0.25, 0.3) is 11.8 Å². The minimum absolute atomic E-state index is 0.0331. The van der Waals surface area contributed by atoms with E-state index in [1.807, 2.05) is 35.4 Å². The summed E-state index contributed by atoms with van der Waals surface area (Å²) in [5, 5.41) is 8.86. The van der Waals surface area contributed by atoms with Gasteiger partial charge in [0.05, 0.1) is 11.4 Å². The van der Waals surface area contributed by atoms with Crippen molar-refractivity contribution in [2.75, 3.05) is 13.1 Å². The molecule has 0 bridgehead atoms. The average Bonchev–Trinajstić information content (AvgIpc) is 3.33. The number of piperidine rings is 1. The van der Waals surface area contributed by atoms with Gasteiger partial charge in [-0.1, -0.05) is 5.16 Å². The molecule has 7 nitrogen and oxygen atoms in total. The molecule has 2 aromatic rings. The fourth-order valence-electron chi connectivity index (χ4n) is 3.65. The number of hydrogen-bond acceptors (Lipinski definition) is 6. The summed E-state index contributed by atoms with van der Waals surface area (Å²) in [6, 6.07) is 5.66. The Morgan fingerprint density at radius 1 is 1.32 bits per heavy atom. The number of carbonyl (C=O) groups is 2. The molecule has 1 spiro atoms. The number of carbonyl (C=O) groups excluding carboxylic acids is 2. The van der Waals surface area contributed by atoms with Crippen molar-refractivity contribution in [3.05, 3.63) is 52.0 Å². The second-order valence-corrected chi connectivity index (χ2v) is 8.21. The first-order valence-corrected chi connectivity index (χ1v) is 10.2. The fraction of sp³-hybridized carbons (Fsp3) is 0.400. The Kier molecular flexibility index (Phi) is 5.13. The zero-order valence-corrected chi connectivity index (χ0v) is 16.5. The van der Waals surface area contributed by atoms with Crippen LogP contribution in [0.5, 0.6) is 0 Å². The Labute approximate surface area is 167 Å². The molecule has 0 aromatic carbocycles. The highest BCUT2D eigenvalue weighted by Gasteiger charge is 2.45. The van der Waals surface area contributed by atoms with Crippen molar-refractivity contribution < 1.29 is 14.4 Å². The summed E-state index contributed by atoms with van der Waals surface area (Å²) in [6.07, 6.45) is 5.41. The van der Waals surface area contributed by atoms with Crippen molar-refractivity contribution in [2.45, 2.75) is 38.3 Å². The minimum Gasteiger partial charge on any atom is -0.386 e. The molecular weight excluding hydrogens is 376 g/mol. The first-order valence-electron chi connectivity index (χ1n) is 9.32. The van der Waals surface area contributed by atoms with Crippen LogP contribution in [0.1, 0.15) is 40.1 Å². The average molecular weight is 398 g/mol. The number of rotatable bonds is 4. The molecule has 1 atom stereocenters. The molecular formula is C20H22N4O3S. The molecule has 8 heteroatoms. The summed E-state index contributed by atoms with van der Waals surface area (Å²) >= 11 is 1.46. The number of amides is 2. The highest BCUT2D eigenvalue weighted by molar-refractivity contribution is 7.12. The highest BCUT2D eigenvalue weighted by Crippen LogP contribution is 2.34. The summed E-state index contributed by atoms with van der Waals surface area (Å²) in [5.41, 5.74) is 1.76. The maximum Gasteiger partial charge on any atom is 0.269 e. The Morgan fingerprint density at radius 3 is 2.89 bits per heavy atom.